The summed E-state index contributed by atoms with van der Waals surface area (Å²) in [5, 5.41) is 9.92. The molecule has 0 bridgehead atoms. The highest BCUT2D eigenvalue weighted by Crippen LogP contribution is 2.31. The van der Waals surface area contributed by atoms with E-state index < -0.39 is 49.3 Å². The van der Waals surface area contributed by atoms with Crippen LogP contribution in [0.15, 0.2) is 84.1 Å². The summed E-state index contributed by atoms with van der Waals surface area (Å²) in [6.07, 6.45) is -14.1. The fourth-order valence-corrected chi connectivity index (χ4v) is 8.25. The highest BCUT2D eigenvalue weighted by Gasteiger charge is 2.41. The number of carbonyl (C=O) groups is 1. The van der Waals surface area contributed by atoms with Crippen LogP contribution in [-0.4, -0.2) is 19.1 Å². The summed E-state index contributed by atoms with van der Waals surface area (Å²) >= 11 is 0. The molecule has 0 spiro atoms. The topological polar surface area (TPSA) is 37.3 Å². The normalized spacial score (nSPS) is 13.5. The van der Waals surface area contributed by atoms with Crippen molar-refractivity contribution in [3.05, 3.63) is 101 Å². The molecule has 37 heavy (non-hydrogen) atoms. The minimum absolute atomic E-state index is 0.126. The van der Waals surface area contributed by atoms with Crippen molar-refractivity contribution >= 4 is 29.6 Å². The Bertz CT molecular complexity index is 1150. The third-order valence-corrected chi connectivity index (χ3v) is 10.4. The van der Waals surface area contributed by atoms with Crippen LogP contribution in [-0.2, 0) is 23.3 Å². The summed E-state index contributed by atoms with van der Waals surface area (Å²) in [5.41, 5.74) is -2.15. The van der Waals surface area contributed by atoms with Crippen molar-refractivity contribution < 1.29 is 49.4 Å². The molecular weight excluding hydrogens is 531 g/mol. The third kappa shape index (κ3) is 5.90. The fourth-order valence-electron chi connectivity index (χ4n) is 3.90. The molecule has 3 aromatic carbocycles. The van der Waals surface area contributed by atoms with E-state index in [-0.39, 0.29) is 21.1 Å². The zero-order valence-corrected chi connectivity index (χ0v) is 19.8. The van der Waals surface area contributed by atoms with Gasteiger partial charge < -0.3 is 5.11 Å². The number of halogens is 9. The smallest absolute Gasteiger partial charge is 0.416 e. The Labute approximate surface area is 205 Å². The van der Waals surface area contributed by atoms with Crippen LogP contribution in [0.25, 0.3) is 0 Å². The number of alkyl halides is 9. The summed E-state index contributed by atoms with van der Waals surface area (Å²) in [5.74, 6) is -1.41. The lowest BCUT2D eigenvalue weighted by Crippen LogP contribution is -2.66. The molecule has 0 aliphatic heterocycles. The number of carboxylic acid groups (broad SMARTS) is 1. The van der Waals surface area contributed by atoms with Gasteiger partial charge in [-0.25, -0.2) is 4.79 Å². The number of rotatable bonds is 5. The van der Waals surface area contributed by atoms with Crippen molar-refractivity contribution in [1.29, 1.82) is 0 Å². The second-order valence-electron chi connectivity index (χ2n) is 8.17. The van der Waals surface area contributed by atoms with Gasteiger partial charge in [0, 0.05) is 5.57 Å². The monoisotopic (exact) mass is 548 g/mol. The summed E-state index contributed by atoms with van der Waals surface area (Å²) in [4.78, 5) is 11.7. The molecule has 196 valence electrons. The van der Waals surface area contributed by atoms with Crippen LogP contribution in [0.5, 0.6) is 0 Å². The predicted octanol–water partition coefficient (Wildman–Crippen LogP) is 5.78. The first-order valence-electron chi connectivity index (χ1n) is 10.4. The predicted molar refractivity (Wildman–Crippen MR) is 120 cm³/mol. The second kappa shape index (κ2) is 9.73. The molecule has 0 radical (unpaired) electrons. The molecule has 0 aliphatic carbocycles. The van der Waals surface area contributed by atoms with E-state index in [2.05, 4.69) is 0 Å². The summed E-state index contributed by atoms with van der Waals surface area (Å²) in [6.45, 7) is 1.18. The number of carboxylic acids is 1. The Morgan fingerprint density at radius 3 is 1.03 bits per heavy atom. The molecule has 0 aliphatic rings. The van der Waals surface area contributed by atoms with E-state index in [0.29, 0.717) is 0 Å². The van der Waals surface area contributed by atoms with Crippen LogP contribution in [0.1, 0.15) is 23.6 Å². The van der Waals surface area contributed by atoms with E-state index in [0.717, 1.165) is 72.8 Å². The molecule has 0 aromatic heterocycles. The molecule has 3 rings (SSSR count). The van der Waals surface area contributed by atoms with Crippen molar-refractivity contribution in [2.75, 3.05) is 0 Å². The average molecular weight is 548 g/mol. The van der Waals surface area contributed by atoms with Gasteiger partial charge in [0.15, 0.2) is 8.07 Å². The van der Waals surface area contributed by atoms with Gasteiger partial charge in [-0.1, -0.05) is 78.5 Å². The summed E-state index contributed by atoms with van der Waals surface area (Å²) < 4.78 is 119. The molecule has 0 heterocycles. The minimum Gasteiger partial charge on any atom is -0.478 e. The quantitative estimate of drug-likeness (QED) is 0.190. The van der Waals surface area contributed by atoms with Crippen molar-refractivity contribution in [1.82, 2.24) is 0 Å². The molecule has 2 nitrogen and oxygen atoms in total. The summed E-state index contributed by atoms with van der Waals surface area (Å²) in [6, 6.07) is 10.8. The van der Waals surface area contributed by atoms with Gasteiger partial charge in [-0.2, -0.15) is 39.5 Å². The number of benzene rings is 3. The molecule has 0 fully saturated rings. The van der Waals surface area contributed by atoms with Gasteiger partial charge in [0.1, 0.15) is 0 Å². The summed E-state index contributed by atoms with van der Waals surface area (Å²) in [7, 11) is -3.94. The van der Waals surface area contributed by atoms with E-state index >= 15 is 0 Å². The fraction of sp³-hybridized carbons (Fsp3) is 0.160. The standard InChI is InChI=1S/C25H17F9O2Si/c1-15(22(35)36)14-37(19-8-2-16(3-9-19)23(26,27)28,20-10-4-17(5-11-20)24(29,30)31)21-12-6-18(7-13-21)25(32,33)34/h2-14H,1H3,(H,35,36). The molecule has 3 aromatic rings. The van der Waals surface area contributed by atoms with Gasteiger partial charge in [0.05, 0.1) is 16.7 Å². The molecule has 0 saturated carbocycles. The van der Waals surface area contributed by atoms with Crippen LogP contribution >= 0.6 is 0 Å². The maximum atomic E-state index is 13.2. The van der Waals surface area contributed by atoms with Gasteiger partial charge >= 0.3 is 24.5 Å². The number of aliphatic carboxylic acids is 1. The maximum Gasteiger partial charge on any atom is 0.416 e. The Hall–Kier alpha value is -3.54. The maximum absolute atomic E-state index is 13.2. The Morgan fingerprint density at radius 2 is 0.838 bits per heavy atom. The van der Waals surface area contributed by atoms with Gasteiger partial charge in [0.25, 0.3) is 0 Å². The number of hydrogen-bond donors (Lipinski definition) is 1. The lowest BCUT2D eigenvalue weighted by molar-refractivity contribution is -0.138. The van der Waals surface area contributed by atoms with Crippen LogP contribution in [0.4, 0.5) is 39.5 Å². The van der Waals surface area contributed by atoms with Crippen LogP contribution in [0, 0.1) is 0 Å². The first-order chi connectivity index (χ1) is 17.0. The van der Waals surface area contributed by atoms with Crippen molar-refractivity contribution in [2.45, 2.75) is 25.5 Å². The van der Waals surface area contributed by atoms with Crippen LogP contribution in [0.3, 0.4) is 0 Å². The van der Waals surface area contributed by atoms with E-state index in [4.69, 9.17) is 0 Å². The van der Waals surface area contributed by atoms with Crippen LogP contribution < -0.4 is 15.6 Å². The lowest BCUT2D eigenvalue weighted by atomic mass is 10.2. The SMILES string of the molecule is CC(=C[Si](c1ccc(C(F)(F)F)cc1)(c1ccc(C(F)(F)F)cc1)c1ccc(C(F)(F)F)cc1)C(=O)O. The zero-order valence-electron chi connectivity index (χ0n) is 18.8. The second-order valence-corrected chi connectivity index (χ2v) is 11.8. The van der Waals surface area contributed by atoms with Crippen molar-refractivity contribution in [3.8, 4) is 0 Å². The van der Waals surface area contributed by atoms with Gasteiger partial charge in [-0.15, -0.1) is 0 Å². The first kappa shape index (κ1) is 28.0. The highest BCUT2D eigenvalue weighted by atomic mass is 28.3. The largest absolute Gasteiger partial charge is 0.478 e. The lowest BCUT2D eigenvalue weighted by Gasteiger charge is -2.32. The van der Waals surface area contributed by atoms with E-state index in [1.165, 1.54) is 12.6 Å². The van der Waals surface area contributed by atoms with Crippen molar-refractivity contribution in [2.24, 2.45) is 0 Å². The number of hydrogen-bond acceptors (Lipinski definition) is 1. The molecule has 0 amide bonds. The molecule has 0 atom stereocenters. The van der Waals surface area contributed by atoms with E-state index in [1.54, 1.807) is 0 Å². The van der Waals surface area contributed by atoms with Gasteiger partial charge in [-0.05, 0) is 22.5 Å². The van der Waals surface area contributed by atoms with E-state index in [1.807, 2.05) is 0 Å². The van der Waals surface area contributed by atoms with Gasteiger partial charge in [0.2, 0.25) is 0 Å². The van der Waals surface area contributed by atoms with Gasteiger partial charge in [-0.3, -0.25) is 0 Å². The molecule has 12 heteroatoms. The average Bonchev–Trinajstić information content (AvgIpc) is 2.81. The zero-order chi connectivity index (χ0) is 27.8. The Balaban J connectivity index is 2.40. The molecular formula is C25H17F9O2Si. The van der Waals surface area contributed by atoms with Crippen LogP contribution in [0.2, 0.25) is 0 Å². The Kier molecular flexibility index (Phi) is 7.37. The first-order valence-corrected chi connectivity index (χ1v) is 12.5. The van der Waals surface area contributed by atoms with Crippen molar-refractivity contribution in [3.63, 3.8) is 0 Å². The molecule has 1 N–H and O–H groups in total. The Morgan fingerprint density at radius 1 is 0.595 bits per heavy atom. The third-order valence-electron chi connectivity index (χ3n) is 5.77. The molecule has 0 unspecified atom stereocenters. The van der Waals surface area contributed by atoms with E-state index in [9.17, 15) is 49.4 Å². The minimum atomic E-state index is -4.71. The molecule has 0 saturated heterocycles. The highest BCUT2D eigenvalue weighted by molar-refractivity contribution is 7.15.